The zero-order valence-electron chi connectivity index (χ0n) is 15.3. The molecule has 28 heavy (non-hydrogen) atoms. The van der Waals surface area contributed by atoms with Gasteiger partial charge in [-0.1, -0.05) is 12.1 Å². The molecule has 1 heterocycles. The molecule has 0 spiro atoms. The van der Waals surface area contributed by atoms with E-state index in [0.717, 1.165) is 0 Å². The van der Waals surface area contributed by atoms with Crippen molar-refractivity contribution >= 4 is 23.2 Å². The summed E-state index contributed by atoms with van der Waals surface area (Å²) in [5.74, 6) is 0.0462. The van der Waals surface area contributed by atoms with E-state index in [9.17, 15) is 14.7 Å². The number of H-pyrrole nitrogens is 1. The third kappa shape index (κ3) is 4.73. The number of hydrogen-bond acceptors (Lipinski definition) is 6. The molecule has 8 nitrogen and oxygen atoms in total. The smallest absolute Gasteiger partial charge is 0.270 e. The standard InChI is InChI=1S/C20H20N4O4/c1-2-28-18-11-13(7-9-17(18)25)12-21-24-19(26)10-8-16-20(27)23-15-6-4-3-5-14(15)22-16/h3-7,9,11-12,25H,2,8,10H2,1H3,(H,23,27)(H,24,26)/b21-12+. The van der Waals surface area contributed by atoms with Crippen molar-refractivity contribution < 1.29 is 14.6 Å². The SMILES string of the molecule is CCOc1cc(/C=N/NC(=O)CCc2nc3ccccc3[nH]c2=O)ccc1O. The van der Waals surface area contributed by atoms with Crippen LogP contribution < -0.4 is 15.7 Å². The quantitative estimate of drug-likeness (QED) is 0.429. The van der Waals surface area contributed by atoms with Crippen molar-refractivity contribution in [1.29, 1.82) is 0 Å². The highest BCUT2D eigenvalue weighted by Crippen LogP contribution is 2.26. The molecule has 0 atom stereocenters. The van der Waals surface area contributed by atoms with Crippen LogP contribution in [0.3, 0.4) is 0 Å². The highest BCUT2D eigenvalue weighted by atomic mass is 16.5. The van der Waals surface area contributed by atoms with Crippen LogP contribution in [0.4, 0.5) is 0 Å². The lowest BCUT2D eigenvalue weighted by Gasteiger charge is -2.06. The van der Waals surface area contributed by atoms with Crippen molar-refractivity contribution in [2.75, 3.05) is 6.61 Å². The van der Waals surface area contributed by atoms with E-state index in [2.05, 4.69) is 20.5 Å². The van der Waals surface area contributed by atoms with Crippen molar-refractivity contribution in [1.82, 2.24) is 15.4 Å². The second kappa shape index (κ2) is 8.81. The van der Waals surface area contributed by atoms with Gasteiger partial charge in [0.2, 0.25) is 5.91 Å². The average molecular weight is 380 g/mol. The lowest BCUT2D eigenvalue weighted by atomic mass is 10.2. The van der Waals surface area contributed by atoms with Gasteiger partial charge in [-0.15, -0.1) is 0 Å². The minimum atomic E-state index is -0.339. The van der Waals surface area contributed by atoms with Gasteiger partial charge in [-0.25, -0.2) is 10.4 Å². The molecule has 0 bridgehead atoms. The van der Waals surface area contributed by atoms with E-state index in [4.69, 9.17) is 4.74 Å². The summed E-state index contributed by atoms with van der Waals surface area (Å²) in [6.45, 7) is 2.24. The second-order valence-electron chi connectivity index (χ2n) is 5.98. The van der Waals surface area contributed by atoms with E-state index in [0.29, 0.717) is 34.6 Å². The number of aromatic hydroxyl groups is 1. The number of carbonyl (C=O) groups excluding carboxylic acids is 1. The fraction of sp³-hybridized carbons (Fsp3) is 0.200. The molecule has 0 fully saturated rings. The van der Waals surface area contributed by atoms with Gasteiger partial charge < -0.3 is 14.8 Å². The zero-order valence-corrected chi connectivity index (χ0v) is 15.3. The van der Waals surface area contributed by atoms with Crippen molar-refractivity contribution in [3.63, 3.8) is 0 Å². The van der Waals surface area contributed by atoms with E-state index in [1.165, 1.54) is 12.3 Å². The molecule has 3 N–H and O–H groups in total. The molecule has 3 aromatic rings. The molecule has 0 saturated heterocycles. The monoisotopic (exact) mass is 380 g/mol. The summed E-state index contributed by atoms with van der Waals surface area (Å²) in [5, 5.41) is 13.6. The number of fused-ring (bicyclic) bond motifs is 1. The maximum absolute atomic E-state index is 12.0. The Kier molecular flexibility index (Phi) is 6.01. The number of ether oxygens (including phenoxy) is 1. The van der Waals surface area contributed by atoms with Gasteiger partial charge in [-0.3, -0.25) is 9.59 Å². The maximum Gasteiger partial charge on any atom is 0.270 e. The van der Waals surface area contributed by atoms with Crippen LogP contribution in [0.15, 0.2) is 52.4 Å². The number of aromatic nitrogens is 2. The Morgan fingerprint density at radius 1 is 1.32 bits per heavy atom. The molecule has 2 aromatic carbocycles. The fourth-order valence-electron chi connectivity index (χ4n) is 2.59. The van der Waals surface area contributed by atoms with Crippen LogP contribution in [-0.2, 0) is 11.2 Å². The van der Waals surface area contributed by atoms with E-state index in [1.807, 2.05) is 19.1 Å². The van der Waals surface area contributed by atoms with E-state index in [1.54, 1.807) is 24.3 Å². The Bertz CT molecular complexity index is 1080. The first-order valence-corrected chi connectivity index (χ1v) is 8.82. The maximum atomic E-state index is 12.0. The molecule has 0 aliphatic carbocycles. The molecule has 1 amide bonds. The number of hydrogen-bond donors (Lipinski definition) is 3. The van der Waals surface area contributed by atoms with Crippen LogP contribution >= 0.6 is 0 Å². The summed E-state index contributed by atoms with van der Waals surface area (Å²) in [6, 6.07) is 12.0. The van der Waals surface area contributed by atoms with Crippen molar-refractivity contribution in [3.8, 4) is 11.5 Å². The van der Waals surface area contributed by atoms with E-state index < -0.39 is 0 Å². The summed E-state index contributed by atoms with van der Waals surface area (Å²) in [4.78, 5) is 31.1. The topological polar surface area (TPSA) is 117 Å². The lowest BCUT2D eigenvalue weighted by molar-refractivity contribution is -0.121. The molecule has 8 heteroatoms. The van der Waals surface area contributed by atoms with E-state index in [-0.39, 0.29) is 30.1 Å². The third-order valence-corrected chi connectivity index (χ3v) is 3.95. The number of aromatic amines is 1. The number of nitrogens with zero attached hydrogens (tertiary/aromatic N) is 2. The molecule has 3 rings (SSSR count). The average Bonchev–Trinajstić information content (AvgIpc) is 2.69. The van der Waals surface area contributed by atoms with Gasteiger partial charge in [0.1, 0.15) is 5.69 Å². The summed E-state index contributed by atoms with van der Waals surface area (Å²) < 4.78 is 5.30. The zero-order chi connectivity index (χ0) is 19.9. The molecular formula is C20H20N4O4. The summed E-state index contributed by atoms with van der Waals surface area (Å²) in [6.07, 6.45) is 1.72. The van der Waals surface area contributed by atoms with Gasteiger partial charge in [-0.2, -0.15) is 5.10 Å². The van der Waals surface area contributed by atoms with Gasteiger partial charge in [0.05, 0.1) is 23.9 Å². The largest absolute Gasteiger partial charge is 0.504 e. The van der Waals surface area contributed by atoms with Crippen LogP contribution in [0.25, 0.3) is 11.0 Å². The molecule has 1 aromatic heterocycles. The Morgan fingerprint density at radius 3 is 2.96 bits per heavy atom. The van der Waals surface area contributed by atoms with Crippen LogP contribution in [0.1, 0.15) is 24.6 Å². The minimum absolute atomic E-state index is 0.0381. The van der Waals surface area contributed by atoms with Gasteiger partial charge in [0.15, 0.2) is 11.5 Å². The van der Waals surface area contributed by atoms with Gasteiger partial charge in [0.25, 0.3) is 5.56 Å². The molecule has 0 aliphatic heterocycles. The molecule has 0 aliphatic rings. The highest BCUT2D eigenvalue weighted by Gasteiger charge is 2.08. The number of carbonyl (C=O) groups is 1. The number of aryl methyl sites for hydroxylation is 1. The Hall–Kier alpha value is -3.68. The van der Waals surface area contributed by atoms with Gasteiger partial charge >= 0.3 is 0 Å². The molecule has 0 unspecified atom stereocenters. The number of phenols is 1. The molecular weight excluding hydrogens is 360 g/mol. The number of rotatable bonds is 7. The Morgan fingerprint density at radius 2 is 2.14 bits per heavy atom. The molecule has 0 saturated carbocycles. The predicted octanol–water partition coefficient (Wildman–Crippen LogP) is 2.11. The first kappa shape index (κ1) is 19.1. The fourth-order valence-corrected chi connectivity index (χ4v) is 2.59. The number of amides is 1. The van der Waals surface area contributed by atoms with Crippen LogP contribution in [-0.4, -0.2) is 33.8 Å². The minimum Gasteiger partial charge on any atom is -0.504 e. The molecule has 0 radical (unpaired) electrons. The predicted molar refractivity (Wildman–Crippen MR) is 106 cm³/mol. The second-order valence-corrected chi connectivity index (χ2v) is 5.98. The Labute approximate surface area is 160 Å². The number of phenolic OH excluding ortho intramolecular Hbond substituents is 1. The summed E-state index contributed by atoms with van der Waals surface area (Å²) in [7, 11) is 0. The van der Waals surface area contributed by atoms with Crippen molar-refractivity contribution in [2.45, 2.75) is 19.8 Å². The number of nitrogens with one attached hydrogen (secondary N) is 2. The first-order chi connectivity index (χ1) is 13.6. The van der Waals surface area contributed by atoms with E-state index >= 15 is 0 Å². The molecule has 144 valence electrons. The number of para-hydroxylation sites is 2. The van der Waals surface area contributed by atoms with Crippen LogP contribution in [0.5, 0.6) is 11.5 Å². The number of benzene rings is 2. The van der Waals surface area contributed by atoms with Crippen LogP contribution in [0, 0.1) is 0 Å². The van der Waals surface area contributed by atoms with Crippen molar-refractivity contribution in [2.24, 2.45) is 5.10 Å². The normalized spacial score (nSPS) is 11.0. The van der Waals surface area contributed by atoms with Gasteiger partial charge in [0, 0.05) is 12.8 Å². The summed E-state index contributed by atoms with van der Waals surface area (Å²) >= 11 is 0. The first-order valence-electron chi connectivity index (χ1n) is 8.82. The Balaban J connectivity index is 1.58. The highest BCUT2D eigenvalue weighted by molar-refractivity contribution is 5.83. The van der Waals surface area contributed by atoms with Crippen molar-refractivity contribution in [3.05, 3.63) is 64.1 Å². The lowest BCUT2D eigenvalue weighted by Crippen LogP contribution is -2.21. The summed E-state index contributed by atoms with van der Waals surface area (Å²) in [5.41, 5.74) is 4.40. The van der Waals surface area contributed by atoms with Gasteiger partial charge in [-0.05, 0) is 42.8 Å². The van der Waals surface area contributed by atoms with Crippen LogP contribution in [0.2, 0.25) is 0 Å². The number of hydrazone groups is 1. The third-order valence-electron chi connectivity index (χ3n) is 3.95.